The number of benzene rings is 2. The summed E-state index contributed by atoms with van der Waals surface area (Å²) in [4.78, 5) is 30.0. The van der Waals surface area contributed by atoms with Gasteiger partial charge in [0.25, 0.3) is 11.7 Å². The molecule has 3 rings (SSSR count). The zero-order chi connectivity index (χ0) is 25.5. The number of aromatic hydroxyl groups is 1. The van der Waals surface area contributed by atoms with E-state index in [1.165, 1.54) is 11.0 Å². The fourth-order valence-electron chi connectivity index (χ4n) is 4.25. The average Bonchev–Trinajstić information content (AvgIpc) is 3.11. The molecule has 1 heterocycles. The zero-order valence-electron chi connectivity index (χ0n) is 20.8. The van der Waals surface area contributed by atoms with Gasteiger partial charge in [-0.2, -0.15) is 0 Å². The molecule has 188 valence electrons. The van der Waals surface area contributed by atoms with Gasteiger partial charge in [-0.3, -0.25) is 9.59 Å². The number of phenolic OH excluding ortho intramolecular Hbond substituents is 1. The number of aliphatic hydroxyl groups excluding tert-OH is 1. The summed E-state index contributed by atoms with van der Waals surface area (Å²) in [5, 5.41) is 21.4. The standard InChI is InChI=1S/C27H34N2O6/c1-5-28(6-2)15-16-29-24(19-11-14-21(30)22(17-19)35-8-4)23(26(32)27(29)33)25(31)18-9-12-20(13-10-18)34-7-3/h9-14,17,24,30-31H,5-8,15-16H2,1-4H3/b25-23-. The van der Waals surface area contributed by atoms with Crippen LogP contribution in [0, 0.1) is 0 Å². The quantitative estimate of drug-likeness (QED) is 0.284. The first kappa shape index (κ1) is 26.1. The third-order valence-corrected chi connectivity index (χ3v) is 6.13. The number of phenols is 1. The molecule has 8 nitrogen and oxygen atoms in total. The maximum absolute atomic E-state index is 13.2. The summed E-state index contributed by atoms with van der Waals surface area (Å²) in [5.41, 5.74) is 0.980. The predicted octanol–water partition coefficient (Wildman–Crippen LogP) is 3.95. The number of hydrogen-bond donors (Lipinski definition) is 2. The molecule has 8 heteroatoms. The van der Waals surface area contributed by atoms with Gasteiger partial charge in [-0.1, -0.05) is 19.9 Å². The molecule has 35 heavy (non-hydrogen) atoms. The van der Waals surface area contributed by atoms with Gasteiger partial charge in [0.05, 0.1) is 24.8 Å². The highest BCUT2D eigenvalue weighted by molar-refractivity contribution is 6.46. The number of likely N-dealkylation sites (tertiary alicyclic amines) is 1. The third-order valence-electron chi connectivity index (χ3n) is 6.13. The van der Waals surface area contributed by atoms with Gasteiger partial charge < -0.3 is 29.5 Å². The summed E-state index contributed by atoms with van der Waals surface area (Å²) in [6, 6.07) is 10.6. The van der Waals surface area contributed by atoms with Crippen molar-refractivity contribution in [3.05, 3.63) is 59.2 Å². The van der Waals surface area contributed by atoms with Crippen molar-refractivity contribution in [1.29, 1.82) is 0 Å². The molecule has 0 aliphatic carbocycles. The molecule has 2 N–H and O–H groups in total. The number of carbonyl (C=O) groups excluding carboxylic acids is 2. The molecule has 0 spiro atoms. The lowest BCUT2D eigenvalue weighted by atomic mass is 9.95. The minimum absolute atomic E-state index is 0.00634. The highest BCUT2D eigenvalue weighted by Gasteiger charge is 2.46. The molecular formula is C27H34N2O6. The summed E-state index contributed by atoms with van der Waals surface area (Å²) in [7, 11) is 0. The van der Waals surface area contributed by atoms with E-state index in [4.69, 9.17) is 9.47 Å². The largest absolute Gasteiger partial charge is 0.507 e. The Morgan fingerprint density at radius 3 is 2.23 bits per heavy atom. The molecule has 1 saturated heterocycles. The van der Waals surface area contributed by atoms with Gasteiger partial charge in [0.1, 0.15) is 11.5 Å². The van der Waals surface area contributed by atoms with Crippen LogP contribution in [-0.4, -0.2) is 71.1 Å². The van der Waals surface area contributed by atoms with E-state index in [0.29, 0.717) is 43.2 Å². The van der Waals surface area contributed by atoms with Crippen LogP contribution in [-0.2, 0) is 9.59 Å². The minimum Gasteiger partial charge on any atom is -0.507 e. The molecule has 2 aromatic rings. The van der Waals surface area contributed by atoms with E-state index in [9.17, 15) is 19.8 Å². The number of hydrogen-bond acceptors (Lipinski definition) is 7. The van der Waals surface area contributed by atoms with Crippen molar-refractivity contribution in [2.45, 2.75) is 33.7 Å². The second-order valence-corrected chi connectivity index (χ2v) is 8.14. The number of likely N-dealkylation sites (N-methyl/N-ethyl adjacent to an activating group) is 1. The van der Waals surface area contributed by atoms with Crippen LogP contribution in [0.4, 0.5) is 0 Å². The number of aliphatic hydroxyl groups is 1. The van der Waals surface area contributed by atoms with Crippen molar-refractivity contribution in [2.75, 3.05) is 39.4 Å². The number of Topliss-reactive ketones (excluding diaryl/α,β-unsaturated/α-hetero) is 1. The van der Waals surface area contributed by atoms with Crippen LogP contribution < -0.4 is 9.47 Å². The SMILES string of the molecule is CCOc1ccc(/C(O)=C2/C(=O)C(=O)N(CCN(CC)CC)C2c2ccc(O)c(OCC)c2)cc1. The fourth-order valence-corrected chi connectivity index (χ4v) is 4.25. The third kappa shape index (κ3) is 5.59. The van der Waals surface area contributed by atoms with Crippen LogP contribution >= 0.6 is 0 Å². The van der Waals surface area contributed by atoms with Crippen LogP contribution in [0.3, 0.4) is 0 Å². The van der Waals surface area contributed by atoms with Crippen LogP contribution in [0.2, 0.25) is 0 Å². The maximum atomic E-state index is 13.2. The Morgan fingerprint density at radius 1 is 0.971 bits per heavy atom. The van der Waals surface area contributed by atoms with Gasteiger partial charge >= 0.3 is 0 Å². The predicted molar refractivity (Wildman–Crippen MR) is 134 cm³/mol. The van der Waals surface area contributed by atoms with E-state index >= 15 is 0 Å². The van der Waals surface area contributed by atoms with Crippen LogP contribution in [0.15, 0.2) is 48.0 Å². The highest BCUT2D eigenvalue weighted by atomic mass is 16.5. The summed E-state index contributed by atoms with van der Waals surface area (Å²) >= 11 is 0. The normalized spacial score (nSPS) is 17.3. The van der Waals surface area contributed by atoms with Crippen molar-refractivity contribution in [3.63, 3.8) is 0 Å². The second kappa shape index (κ2) is 11.8. The topological polar surface area (TPSA) is 99.5 Å². The average molecular weight is 483 g/mol. The van der Waals surface area contributed by atoms with Gasteiger partial charge in [-0.25, -0.2) is 0 Å². The molecule has 0 saturated carbocycles. The Hall–Kier alpha value is -3.52. The van der Waals surface area contributed by atoms with Gasteiger partial charge in [-0.15, -0.1) is 0 Å². The first-order valence-corrected chi connectivity index (χ1v) is 12.1. The van der Waals surface area contributed by atoms with Crippen molar-refractivity contribution in [3.8, 4) is 17.2 Å². The molecule has 0 bridgehead atoms. The molecule has 1 atom stereocenters. The monoisotopic (exact) mass is 482 g/mol. The van der Waals surface area contributed by atoms with E-state index < -0.39 is 17.7 Å². The smallest absolute Gasteiger partial charge is 0.295 e. The summed E-state index contributed by atoms with van der Waals surface area (Å²) in [5.74, 6) is -0.816. The van der Waals surface area contributed by atoms with E-state index in [-0.39, 0.29) is 22.8 Å². The lowest BCUT2D eigenvalue weighted by molar-refractivity contribution is -0.140. The number of amides is 1. The highest BCUT2D eigenvalue weighted by Crippen LogP contribution is 2.41. The Balaban J connectivity index is 2.11. The molecule has 1 aliphatic rings. The van der Waals surface area contributed by atoms with Gasteiger partial charge in [-0.05, 0) is 68.9 Å². The molecule has 1 fully saturated rings. The van der Waals surface area contributed by atoms with Crippen LogP contribution in [0.25, 0.3) is 5.76 Å². The van der Waals surface area contributed by atoms with Gasteiger partial charge in [0.15, 0.2) is 11.5 Å². The van der Waals surface area contributed by atoms with E-state index in [1.807, 2.05) is 20.8 Å². The summed E-state index contributed by atoms with van der Waals surface area (Å²) in [6.07, 6.45) is 0. The first-order valence-electron chi connectivity index (χ1n) is 12.1. The van der Waals surface area contributed by atoms with Crippen LogP contribution in [0.5, 0.6) is 17.2 Å². The van der Waals surface area contributed by atoms with Crippen molar-refractivity contribution < 1.29 is 29.3 Å². The number of carbonyl (C=O) groups is 2. The molecule has 0 aromatic heterocycles. The molecule has 1 amide bonds. The van der Waals surface area contributed by atoms with E-state index in [0.717, 1.165) is 13.1 Å². The number of ketones is 1. The minimum atomic E-state index is -0.822. The zero-order valence-corrected chi connectivity index (χ0v) is 20.8. The lowest BCUT2D eigenvalue weighted by Crippen LogP contribution is -2.38. The maximum Gasteiger partial charge on any atom is 0.295 e. The lowest BCUT2D eigenvalue weighted by Gasteiger charge is -2.28. The number of nitrogens with zero attached hydrogens (tertiary/aromatic N) is 2. The molecule has 0 radical (unpaired) electrons. The van der Waals surface area contributed by atoms with Crippen LogP contribution in [0.1, 0.15) is 44.9 Å². The first-order chi connectivity index (χ1) is 16.9. The Labute approximate surface area is 206 Å². The van der Waals surface area contributed by atoms with Crippen molar-refractivity contribution >= 4 is 17.4 Å². The molecular weight excluding hydrogens is 448 g/mol. The van der Waals surface area contributed by atoms with E-state index in [2.05, 4.69) is 4.90 Å². The van der Waals surface area contributed by atoms with Crippen molar-refractivity contribution in [2.24, 2.45) is 0 Å². The number of rotatable bonds is 11. The van der Waals surface area contributed by atoms with Gasteiger partial charge in [0.2, 0.25) is 0 Å². The van der Waals surface area contributed by atoms with Crippen molar-refractivity contribution in [1.82, 2.24) is 9.80 Å². The Bertz CT molecular complexity index is 1080. The fraction of sp³-hybridized carbons (Fsp3) is 0.407. The Kier molecular flexibility index (Phi) is 8.76. The molecule has 1 unspecified atom stereocenters. The number of ether oxygens (including phenoxy) is 2. The second-order valence-electron chi connectivity index (χ2n) is 8.14. The summed E-state index contributed by atoms with van der Waals surface area (Å²) in [6.45, 7) is 11.1. The van der Waals surface area contributed by atoms with Gasteiger partial charge in [0, 0.05) is 18.7 Å². The molecule has 2 aromatic carbocycles. The summed E-state index contributed by atoms with van der Waals surface area (Å²) < 4.78 is 11.0. The Morgan fingerprint density at radius 2 is 1.63 bits per heavy atom. The molecule has 1 aliphatic heterocycles. The van der Waals surface area contributed by atoms with E-state index in [1.54, 1.807) is 43.3 Å².